The van der Waals surface area contributed by atoms with Crippen LogP contribution in [0.25, 0.3) is 0 Å². The molecule has 0 bridgehead atoms. The van der Waals surface area contributed by atoms with Crippen LogP contribution < -0.4 is 0 Å². The van der Waals surface area contributed by atoms with E-state index in [1.165, 1.54) is 19.3 Å². The average Bonchev–Trinajstić information content (AvgIpc) is 2.18. The number of hydrogen-bond acceptors (Lipinski definition) is 0. The van der Waals surface area contributed by atoms with Crippen LogP contribution in [0, 0.1) is 11.3 Å². The Balaban J connectivity index is 0.00000106. The van der Waals surface area contributed by atoms with Gasteiger partial charge in [-0.2, -0.15) is 0 Å². The third kappa shape index (κ3) is 4.55. The van der Waals surface area contributed by atoms with Crippen molar-refractivity contribution in [3.63, 3.8) is 0 Å². The van der Waals surface area contributed by atoms with Gasteiger partial charge in [0.1, 0.15) is 0 Å². The minimum absolute atomic E-state index is 0.397. The van der Waals surface area contributed by atoms with Gasteiger partial charge in [-0.05, 0) is 43.1 Å². The monoisotopic (exact) mass is 222 g/mol. The molecule has 0 aromatic heterocycles. The van der Waals surface area contributed by atoms with E-state index in [-0.39, 0.29) is 0 Å². The zero-order chi connectivity index (χ0) is 12.8. The first-order valence-corrected chi connectivity index (χ1v) is 6.82. The van der Waals surface area contributed by atoms with Crippen LogP contribution in [0.4, 0.5) is 0 Å². The van der Waals surface area contributed by atoms with Crippen LogP contribution in [0.1, 0.15) is 67.7 Å². The van der Waals surface area contributed by atoms with Crippen molar-refractivity contribution >= 4 is 0 Å². The van der Waals surface area contributed by atoms with E-state index in [1.54, 1.807) is 11.1 Å². The summed E-state index contributed by atoms with van der Waals surface area (Å²) in [4.78, 5) is 0. The largest absolute Gasteiger partial charge is 0.0817 e. The van der Waals surface area contributed by atoms with Crippen LogP contribution >= 0.6 is 0 Å². The molecule has 0 aromatic carbocycles. The minimum Gasteiger partial charge on any atom is -0.0817 e. The summed E-state index contributed by atoms with van der Waals surface area (Å²) < 4.78 is 0. The third-order valence-electron chi connectivity index (χ3n) is 3.19. The summed E-state index contributed by atoms with van der Waals surface area (Å²) in [6.45, 7) is 15.5. The molecule has 0 amide bonds. The Morgan fingerprint density at radius 1 is 1.19 bits per heavy atom. The Morgan fingerprint density at radius 2 is 1.75 bits per heavy atom. The summed E-state index contributed by atoms with van der Waals surface area (Å²) >= 11 is 0. The van der Waals surface area contributed by atoms with E-state index in [4.69, 9.17) is 0 Å². The second-order valence-electron chi connectivity index (χ2n) is 5.53. The normalized spacial score (nSPS) is 20.0. The average molecular weight is 222 g/mol. The van der Waals surface area contributed by atoms with Crippen LogP contribution in [0.15, 0.2) is 23.3 Å². The quantitative estimate of drug-likeness (QED) is 0.558. The van der Waals surface area contributed by atoms with E-state index in [2.05, 4.69) is 46.8 Å². The van der Waals surface area contributed by atoms with Gasteiger partial charge in [0.15, 0.2) is 0 Å². The highest BCUT2D eigenvalue weighted by Gasteiger charge is 2.26. The van der Waals surface area contributed by atoms with Gasteiger partial charge in [0.2, 0.25) is 0 Å². The Hall–Kier alpha value is -0.520. The molecule has 0 heterocycles. The minimum atomic E-state index is 0.397. The van der Waals surface area contributed by atoms with Gasteiger partial charge in [0.25, 0.3) is 0 Å². The fourth-order valence-corrected chi connectivity index (χ4v) is 2.30. The van der Waals surface area contributed by atoms with Crippen molar-refractivity contribution in [1.82, 2.24) is 0 Å². The molecule has 0 aliphatic heterocycles. The molecule has 0 nitrogen and oxygen atoms in total. The highest BCUT2D eigenvalue weighted by atomic mass is 14.3. The molecular weight excluding hydrogens is 192 g/mol. The molecule has 0 unspecified atom stereocenters. The molecule has 1 aliphatic carbocycles. The third-order valence-corrected chi connectivity index (χ3v) is 3.19. The van der Waals surface area contributed by atoms with Crippen LogP contribution in [0.2, 0.25) is 0 Å². The van der Waals surface area contributed by atoms with E-state index in [1.807, 2.05) is 13.8 Å². The van der Waals surface area contributed by atoms with Crippen molar-refractivity contribution < 1.29 is 0 Å². The maximum Gasteiger partial charge on any atom is -0.0104 e. The van der Waals surface area contributed by atoms with Gasteiger partial charge in [-0.3, -0.25) is 0 Å². The molecule has 0 fully saturated rings. The second kappa shape index (κ2) is 6.93. The van der Waals surface area contributed by atoms with Crippen molar-refractivity contribution in [2.75, 3.05) is 0 Å². The Bertz CT molecular complexity index is 251. The Kier molecular flexibility index (Phi) is 6.71. The molecule has 1 rings (SSSR count). The van der Waals surface area contributed by atoms with E-state index >= 15 is 0 Å². The lowest BCUT2D eigenvalue weighted by Gasteiger charge is -2.33. The summed E-state index contributed by atoms with van der Waals surface area (Å²) in [6.07, 6.45) is 8.67. The van der Waals surface area contributed by atoms with Crippen LogP contribution in [-0.4, -0.2) is 0 Å². The van der Waals surface area contributed by atoms with Crippen molar-refractivity contribution in [2.45, 2.75) is 67.7 Å². The molecule has 94 valence electrons. The fraction of sp³-hybridized carbons (Fsp3) is 0.750. The zero-order valence-corrected chi connectivity index (χ0v) is 12.4. The van der Waals surface area contributed by atoms with Crippen LogP contribution in [0.3, 0.4) is 0 Å². The van der Waals surface area contributed by atoms with E-state index < -0.39 is 0 Å². The molecular formula is C16H30. The molecule has 1 aliphatic rings. The van der Waals surface area contributed by atoms with Gasteiger partial charge < -0.3 is 0 Å². The molecule has 0 atom stereocenters. The summed E-state index contributed by atoms with van der Waals surface area (Å²) in [5.74, 6) is 0.660. The van der Waals surface area contributed by atoms with Crippen molar-refractivity contribution in [1.29, 1.82) is 0 Å². The summed E-state index contributed by atoms with van der Waals surface area (Å²) in [5.41, 5.74) is 3.57. The predicted octanol–water partition coefficient (Wildman–Crippen LogP) is 5.75. The van der Waals surface area contributed by atoms with Gasteiger partial charge in [-0.25, -0.2) is 0 Å². The fourth-order valence-electron chi connectivity index (χ4n) is 2.30. The van der Waals surface area contributed by atoms with Crippen molar-refractivity contribution in [3.05, 3.63) is 23.3 Å². The smallest absolute Gasteiger partial charge is 0.0104 e. The van der Waals surface area contributed by atoms with E-state index in [0.717, 1.165) is 0 Å². The Labute approximate surface area is 103 Å². The summed E-state index contributed by atoms with van der Waals surface area (Å²) in [5, 5.41) is 0. The Morgan fingerprint density at radius 3 is 2.19 bits per heavy atom. The summed E-state index contributed by atoms with van der Waals surface area (Å²) in [6, 6.07) is 0. The first-order chi connectivity index (χ1) is 7.43. The van der Waals surface area contributed by atoms with Gasteiger partial charge in [0.05, 0.1) is 0 Å². The van der Waals surface area contributed by atoms with Crippen molar-refractivity contribution in [2.24, 2.45) is 11.3 Å². The molecule has 16 heavy (non-hydrogen) atoms. The first kappa shape index (κ1) is 15.5. The van der Waals surface area contributed by atoms with Gasteiger partial charge in [0, 0.05) is 0 Å². The van der Waals surface area contributed by atoms with Crippen LogP contribution in [-0.2, 0) is 0 Å². The highest BCUT2D eigenvalue weighted by Crippen LogP contribution is 2.40. The van der Waals surface area contributed by atoms with Gasteiger partial charge in [-0.1, -0.05) is 59.3 Å². The maximum absolute atomic E-state index is 2.37. The lowest BCUT2D eigenvalue weighted by atomic mass is 9.72. The summed E-state index contributed by atoms with van der Waals surface area (Å²) in [7, 11) is 0. The van der Waals surface area contributed by atoms with E-state index in [9.17, 15) is 0 Å². The molecule has 0 saturated heterocycles. The molecule has 0 heteroatoms. The molecule has 0 radical (unpaired) electrons. The second-order valence-corrected chi connectivity index (χ2v) is 5.53. The lowest BCUT2D eigenvalue weighted by Crippen LogP contribution is -2.19. The molecule has 0 saturated carbocycles. The molecule has 0 aromatic rings. The number of hydrogen-bond donors (Lipinski definition) is 0. The van der Waals surface area contributed by atoms with E-state index in [0.29, 0.717) is 11.3 Å². The lowest BCUT2D eigenvalue weighted by molar-refractivity contribution is 0.376. The SMILES string of the molecule is CC.CC1=C(C=CC(C)C)C(C)(C)CCC1. The van der Waals surface area contributed by atoms with Gasteiger partial charge in [-0.15, -0.1) is 0 Å². The maximum atomic E-state index is 2.37. The van der Waals surface area contributed by atoms with Crippen LogP contribution in [0.5, 0.6) is 0 Å². The molecule has 0 N–H and O–H groups in total. The standard InChI is InChI=1S/C14H24.C2H6/c1-11(2)8-9-13-12(3)7-6-10-14(13,4)5;1-2/h8-9,11H,6-7,10H2,1-5H3;1-2H3. The zero-order valence-electron chi connectivity index (χ0n) is 12.4. The highest BCUT2D eigenvalue weighted by molar-refractivity contribution is 5.32. The van der Waals surface area contributed by atoms with Crippen molar-refractivity contribution in [3.8, 4) is 0 Å². The predicted molar refractivity (Wildman–Crippen MR) is 75.7 cm³/mol. The first-order valence-electron chi connectivity index (χ1n) is 6.82. The topological polar surface area (TPSA) is 0 Å². The number of allylic oxidation sites excluding steroid dienone is 4. The molecule has 0 spiro atoms. The van der Waals surface area contributed by atoms with Gasteiger partial charge >= 0.3 is 0 Å². The number of rotatable bonds is 2.